The van der Waals surface area contributed by atoms with E-state index in [-0.39, 0.29) is 11.4 Å². The first-order valence-corrected chi connectivity index (χ1v) is 7.53. The molecule has 8 heteroatoms. The van der Waals surface area contributed by atoms with E-state index in [1.54, 1.807) is 18.3 Å². The summed E-state index contributed by atoms with van der Waals surface area (Å²) in [6.45, 7) is 1.95. The molecule has 0 bridgehead atoms. The predicted molar refractivity (Wildman–Crippen MR) is 74.2 cm³/mol. The molecule has 0 aliphatic heterocycles. The van der Waals surface area contributed by atoms with Crippen LogP contribution in [0.2, 0.25) is 0 Å². The molecule has 1 heterocycles. The number of nitrogens with one attached hydrogen (secondary N) is 2. The number of hydrazine groups is 1. The smallest absolute Gasteiger partial charge is 0.241 e. The van der Waals surface area contributed by atoms with Crippen molar-refractivity contribution in [3.8, 4) is 0 Å². The monoisotopic (exact) mass is 296 g/mol. The molecule has 0 atom stereocenters. The van der Waals surface area contributed by atoms with Gasteiger partial charge in [0.1, 0.15) is 5.76 Å². The highest BCUT2D eigenvalue weighted by Gasteiger charge is 2.15. The summed E-state index contributed by atoms with van der Waals surface area (Å²) >= 11 is 0. The Balaban J connectivity index is 2.06. The molecule has 2 aromatic rings. The van der Waals surface area contributed by atoms with Crippen LogP contribution in [0.4, 0.5) is 5.69 Å². The Hall–Kier alpha value is -1.90. The molecule has 7 nitrogen and oxygen atoms in total. The lowest BCUT2D eigenvalue weighted by atomic mass is 10.3. The normalized spacial score (nSPS) is 11.5. The molecule has 108 valence electrons. The van der Waals surface area contributed by atoms with Crippen LogP contribution in [0.3, 0.4) is 0 Å². The van der Waals surface area contributed by atoms with Crippen molar-refractivity contribution in [2.45, 2.75) is 24.8 Å². The molecule has 0 spiro atoms. The van der Waals surface area contributed by atoms with E-state index in [0.717, 1.165) is 5.76 Å². The fraction of sp³-hybridized carbons (Fsp3) is 0.250. The molecule has 0 amide bonds. The van der Waals surface area contributed by atoms with Crippen molar-refractivity contribution in [2.75, 3.05) is 5.43 Å². The van der Waals surface area contributed by atoms with Gasteiger partial charge >= 0.3 is 0 Å². The second-order valence-corrected chi connectivity index (χ2v) is 5.83. The first-order valence-electron chi connectivity index (χ1n) is 6.05. The first kappa shape index (κ1) is 14.5. The molecule has 20 heavy (non-hydrogen) atoms. The largest absolute Gasteiger partial charge is 0.444 e. The quantitative estimate of drug-likeness (QED) is 0.542. The summed E-state index contributed by atoms with van der Waals surface area (Å²) in [4.78, 5) is 4.14. The number of anilines is 1. The van der Waals surface area contributed by atoms with Crippen LogP contribution in [0, 0.1) is 0 Å². The van der Waals surface area contributed by atoms with Gasteiger partial charge in [0.15, 0.2) is 0 Å². The zero-order valence-corrected chi connectivity index (χ0v) is 11.8. The van der Waals surface area contributed by atoms with Crippen LogP contribution in [-0.4, -0.2) is 13.4 Å². The first-order chi connectivity index (χ1) is 9.55. The Morgan fingerprint density at radius 2 is 2.00 bits per heavy atom. The number of hydrogen-bond acceptors (Lipinski definition) is 6. The number of benzene rings is 1. The number of nitrogens with zero attached hydrogens (tertiary/aromatic N) is 1. The summed E-state index contributed by atoms with van der Waals surface area (Å²) in [5.41, 5.74) is 3.06. The third-order valence-corrected chi connectivity index (χ3v) is 4.11. The minimum Gasteiger partial charge on any atom is -0.444 e. The molecule has 4 N–H and O–H groups in total. The van der Waals surface area contributed by atoms with Crippen molar-refractivity contribution in [2.24, 2.45) is 5.84 Å². The third kappa shape index (κ3) is 3.35. The number of sulfonamides is 1. The van der Waals surface area contributed by atoms with Gasteiger partial charge in [-0.1, -0.05) is 6.92 Å². The Labute approximate surface area is 117 Å². The van der Waals surface area contributed by atoms with Gasteiger partial charge in [-0.3, -0.25) is 5.84 Å². The standard InChI is InChI=1S/C12H16N4O3S/c1-2-10-7-14-12(19-10)8-15-20(17,18)11-5-3-9(16-13)4-6-11/h3-7,15-16H,2,8,13H2,1H3. The van der Waals surface area contributed by atoms with Crippen LogP contribution in [0.15, 0.2) is 39.8 Å². The van der Waals surface area contributed by atoms with Gasteiger partial charge < -0.3 is 9.84 Å². The summed E-state index contributed by atoms with van der Waals surface area (Å²) in [5, 5.41) is 0. The zero-order chi connectivity index (χ0) is 14.6. The SMILES string of the molecule is CCc1cnc(CNS(=O)(=O)c2ccc(NN)cc2)o1. The van der Waals surface area contributed by atoms with Crippen LogP contribution < -0.4 is 16.0 Å². The highest BCUT2D eigenvalue weighted by Crippen LogP contribution is 2.13. The van der Waals surface area contributed by atoms with E-state index >= 15 is 0 Å². The van der Waals surface area contributed by atoms with E-state index in [4.69, 9.17) is 10.3 Å². The van der Waals surface area contributed by atoms with Crippen molar-refractivity contribution in [3.63, 3.8) is 0 Å². The Morgan fingerprint density at radius 1 is 1.30 bits per heavy atom. The van der Waals surface area contributed by atoms with Crippen molar-refractivity contribution in [3.05, 3.63) is 42.1 Å². The minimum atomic E-state index is -3.60. The Bertz CT molecular complexity index is 664. The van der Waals surface area contributed by atoms with E-state index in [1.165, 1.54) is 12.1 Å². The highest BCUT2D eigenvalue weighted by molar-refractivity contribution is 7.89. The van der Waals surface area contributed by atoms with Gasteiger partial charge in [0, 0.05) is 12.1 Å². The van der Waals surface area contributed by atoms with Gasteiger partial charge in [-0.2, -0.15) is 0 Å². The van der Waals surface area contributed by atoms with Gasteiger partial charge in [-0.05, 0) is 24.3 Å². The fourth-order valence-corrected chi connectivity index (χ4v) is 2.54. The van der Waals surface area contributed by atoms with Crippen molar-refractivity contribution >= 4 is 15.7 Å². The summed E-state index contributed by atoms with van der Waals surface area (Å²) in [6, 6.07) is 6.08. The summed E-state index contributed by atoms with van der Waals surface area (Å²) in [6.07, 6.45) is 2.30. The predicted octanol–water partition coefficient (Wildman–Crippen LogP) is 1.00. The molecule has 1 aromatic heterocycles. The molecule has 0 aliphatic rings. The number of aryl methyl sites for hydroxylation is 1. The average molecular weight is 296 g/mol. The lowest BCUT2D eigenvalue weighted by Gasteiger charge is -2.06. The number of nitrogens with two attached hydrogens (primary N) is 1. The van der Waals surface area contributed by atoms with Gasteiger partial charge in [0.25, 0.3) is 0 Å². The van der Waals surface area contributed by atoms with E-state index in [0.29, 0.717) is 18.0 Å². The maximum Gasteiger partial charge on any atom is 0.241 e. The third-order valence-electron chi connectivity index (χ3n) is 2.69. The van der Waals surface area contributed by atoms with Crippen LogP contribution in [-0.2, 0) is 23.0 Å². The lowest BCUT2D eigenvalue weighted by molar-refractivity contribution is 0.452. The average Bonchev–Trinajstić information content (AvgIpc) is 2.93. The van der Waals surface area contributed by atoms with E-state index in [1.807, 2.05) is 6.92 Å². The summed E-state index contributed by atoms with van der Waals surface area (Å²) in [7, 11) is -3.60. The maximum atomic E-state index is 12.0. The zero-order valence-electron chi connectivity index (χ0n) is 11.0. The van der Waals surface area contributed by atoms with Gasteiger partial charge in [0.2, 0.25) is 15.9 Å². The second-order valence-electron chi connectivity index (χ2n) is 4.07. The highest BCUT2D eigenvalue weighted by atomic mass is 32.2. The topological polar surface area (TPSA) is 110 Å². The van der Waals surface area contributed by atoms with E-state index < -0.39 is 10.0 Å². The Morgan fingerprint density at radius 3 is 2.55 bits per heavy atom. The van der Waals surface area contributed by atoms with Crippen molar-refractivity contribution in [1.82, 2.24) is 9.71 Å². The maximum absolute atomic E-state index is 12.0. The molecule has 1 aromatic carbocycles. The van der Waals surface area contributed by atoms with E-state index in [2.05, 4.69) is 15.1 Å². The molecule has 0 unspecified atom stereocenters. The van der Waals surface area contributed by atoms with Crippen LogP contribution in [0.1, 0.15) is 18.6 Å². The van der Waals surface area contributed by atoms with Gasteiger partial charge in [-0.15, -0.1) is 0 Å². The van der Waals surface area contributed by atoms with Crippen LogP contribution >= 0.6 is 0 Å². The lowest BCUT2D eigenvalue weighted by Crippen LogP contribution is -2.23. The number of nitrogen functional groups attached to an aromatic ring is 1. The molecule has 0 radical (unpaired) electrons. The molecule has 0 saturated carbocycles. The molecular formula is C12H16N4O3S. The van der Waals surface area contributed by atoms with Crippen molar-refractivity contribution in [1.29, 1.82) is 0 Å². The molecule has 0 fully saturated rings. The summed E-state index contributed by atoms with van der Waals surface area (Å²) in [5.74, 6) is 6.28. The number of aromatic nitrogens is 1. The number of oxazole rings is 1. The summed E-state index contributed by atoms with van der Waals surface area (Å²) < 4.78 is 31.9. The molecule has 2 rings (SSSR count). The molecular weight excluding hydrogens is 280 g/mol. The van der Waals surface area contributed by atoms with Gasteiger partial charge in [0.05, 0.1) is 17.6 Å². The minimum absolute atomic E-state index is 0.0131. The number of hydrogen-bond donors (Lipinski definition) is 3. The van der Waals surface area contributed by atoms with Crippen LogP contribution in [0.5, 0.6) is 0 Å². The molecule has 0 aliphatic carbocycles. The van der Waals surface area contributed by atoms with E-state index in [9.17, 15) is 8.42 Å². The Kier molecular flexibility index (Phi) is 4.38. The molecule has 0 saturated heterocycles. The van der Waals surface area contributed by atoms with Gasteiger partial charge in [-0.25, -0.2) is 18.1 Å². The fourth-order valence-electron chi connectivity index (χ4n) is 1.56. The second kappa shape index (κ2) is 6.04. The number of rotatable bonds is 6. The van der Waals surface area contributed by atoms with Crippen molar-refractivity contribution < 1.29 is 12.8 Å². The van der Waals surface area contributed by atoms with Crippen LogP contribution in [0.25, 0.3) is 0 Å².